The number of nitrogens with zero attached hydrogens (tertiary/aromatic N) is 2. The number of thiophene rings is 1. The fraction of sp³-hybridized carbons (Fsp3) is 0.429. The lowest BCUT2D eigenvalue weighted by Crippen LogP contribution is -2.05. The van der Waals surface area contributed by atoms with Crippen LogP contribution in [0.3, 0.4) is 0 Å². The maximum atomic E-state index is 4.74. The molecule has 0 saturated heterocycles. The van der Waals surface area contributed by atoms with E-state index >= 15 is 0 Å². The van der Waals surface area contributed by atoms with Crippen molar-refractivity contribution in [2.24, 2.45) is 0 Å². The van der Waals surface area contributed by atoms with Crippen molar-refractivity contribution in [1.29, 1.82) is 0 Å². The largest absolute Gasteiger partial charge is 0.370 e. The van der Waals surface area contributed by atoms with Crippen LogP contribution >= 0.6 is 27.3 Å². The number of hydrogen-bond donors (Lipinski definition) is 1. The average molecular weight is 338 g/mol. The van der Waals surface area contributed by atoms with Crippen LogP contribution in [-0.4, -0.2) is 16.5 Å². The number of rotatable bonds is 5. The summed E-state index contributed by atoms with van der Waals surface area (Å²) < 4.78 is 1.11. The van der Waals surface area contributed by atoms with Crippen molar-refractivity contribution in [3.8, 4) is 10.6 Å². The molecular weight excluding hydrogens is 322 g/mol. The fourth-order valence-corrected chi connectivity index (χ4v) is 3.46. The molecule has 5 heteroatoms. The summed E-state index contributed by atoms with van der Waals surface area (Å²) in [6, 6.07) is 4.12. The van der Waals surface area contributed by atoms with Crippen LogP contribution in [0, 0.1) is 0 Å². The van der Waals surface area contributed by atoms with Crippen LogP contribution < -0.4 is 5.32 Å². The predicted molar refractivity (Wildman–Crippen MR) is 83.8 cm³/mol. The highest BCUT2D eigenvalue weighted by atomic mass is 79.9. The van der Waals surface area contributed by atoms with Crippen molar-refractivity contribution in [1.82, 2.24) is 9.97 Å². The van der Waals surface area contributed by atoms with E-state index in [0.29, 0.717) is 5.92 Å². The minimum Gasteiger partial charge on any atom is -0.370 e. The summed E-state index contributed by atoms with van der Waals surface area (Å²) in [6.07, 6.45) is 3.55. The van der Waals surface area contributed by atoms with E-state index in [4.69, 9.17) is 4.98 Å². The van der Waals surface area contributed by atoms with Crippen molar-refractivity contribution in [3.63, 3.8) is 0 Å². The zero-order valence-electron chi connectivity index (χ0n) is 10.8. The van der Waals surface area contributed by atoms with Gasteiger partial charge in [-0.05, 0) is 46.6 Å². The van der Waals surface area contributed by atoms with Gasteiger partial charge in [0.1, 0.15) is 11.6 Å². The Morgan fingerprint density at radius 2 is 2.26 bits per heavy atom. The smallest absolute Gasteiger partial charge is 0.134 e. The monoisotopic (exact) mass is 337 g/mol. The number of halogens is 1. The first kappa shape index (κ1) is 13.1. The Morgan fingerprint density at radius 3 is 2.89 bits per heavy atom. The van der Waals surface area contributed by atoms with E-state index in [1.807, 2.05) is 0 Å². The Labute approximate surface area is 125 Å². The second-order valence-corrected chi connectivity index (χ2v) is 6.57. The molecule has 2 aromatic heterocycles. The third kappa shape index (κ3) is 2.98. The number of hydrogen-bond acceptors (Lipinski definition) is 4. The van der Waals surface area contributed by atoms with Crippen LogP contribution in [-0.2, 0) is 0 Å². The van der Waals surface area contributed by atoms with Gasteiger partial charge in [-0.15, -0.1) is 11.3 Å². The summed E-state index contributed by atoms with van der Waals surface area (Å²) >= 11 is 5.30. The molecule has 1 N–H and O–H groups in total. The van der Waals surface area contributed by atoms with Crippen LogP contribution in [0.25, 0.3) is 10.6 Å². The second kappa shape index (κ2) is 5.59. The van der Waals surface area contributed by atoms with E-state index in [9.17, 15) is 0 Å². The molecule has 1 fully saturated rings. The van der Waals surface area contributed by atoms with Gasteiger partial charge in [-0.3, -0.25) is 0 Å². The van der Waals surface area contributed by atoms with Gasteiger partial charge in [-0.25, -0.2) is 9.97 Å². The second-order valence-electron chi connectivity index (χ2n) is 4.80. The van der Waals surface area contributed by atoms with Crippen molar-refractivity contribution in [3.05, 3.63) is 27.8 Å². The molecule has 1 aliphatic carbocycles. The van der Waals surface area contributed by atoms with Gasteiger partial charge in [-0.1, -0.05) is 6.92 Å². The van der Waals surface area contributed by atoms with Gasteiger partial charge in [0, 0.05) is 23.0 Å². The van der Waals surface area contributed by atoms with E-state index < -0.39 is 0 Å². The Bertz CT molecular complexity index is 578. The summed E-state index contributed by atoms with van der Waals surface area (Å²) in [5.74, 6) is 2.52. The molecule has 0 aliphatic heterocycles. The van der Waals surface area contributed by atoms with Crippen molar-refractivity contribution in [2.45, 2.75) is 32.1 Å². The molecule has 1 aliphatic rings. The lowest BCUT2D eigenvalue weighted by Gasteiger charge is -2.08. The molecule has 0 atom stereocenters. The molecule has 100 valence electrons. The van der Waals surface area contributed by atoms with Gasteiger partial charge in [0.2, 0.25) is 0 Å². The molecule has 0 amide bonds. The minimum atomic E-state index is 0.570. The first-order valence-electron chi connectivity index (χ1n) is 6.64. The van der Waals surface area contributed by atoms with Gasteiger partial charge in [0.05, 0.1) is 10.6 Å². The first-order valence-corrected chi connectivity index (χ1v) is 8.31. The van der Waals surface area contributed by atoms with E-state index in [1.165, 1.54) is 17.7 Å². The summed E-state index contributed by atoms with van der Waals surface area (Å²) in [7, 11) is 0. The normalized spacial score (nSPS) is 14.6. The number of aromatic nitrogens is 2. The highest BCUT2D eigenvalue weighted by Crippen LogP contribution is 2.40. The Balaban J connectivity index is 1.98. The summed E-state index contributed by atoms with van der Waals surface area (Å²) in [6.45, 7) is 3.11. The van der Waals surface area contributed by atoms with Crippen LogP contribution in [0.1, 0.15) is 37.9 Å². The Hall–Kier alpha value is -0.940. The Kier molecular flexibility index (Phi) is 3.84. The molecule has 3 nitrogen and oxygen atoms in total. The third-order valence-electron chi connectivity index (χ3n) is 3.09. The van der Waals surface area contributed by atoms with Crippen LogP contribution in [0.4, 0.5) is 5.82 Å². The summed E-state index contributed by atoms with van der Waals surface area (Å²) in [5, 5.41) is 5.46. The first-order chi connectivity index (χ1) is 9.28. The average Bonchev–Trinajstić information content (AvgIpc) is 3.18. The number of anilines is 1. The number of nitrogens with one attached hydrogen (secondary N) is 1. The van der Waals surface area contributed by atoms with Crippen molar-refractivity contribution < 1.29 is 0 Å². The molecule has 0 radical (unpaired) electrons. The molecule has 2 heterocycles. The molecule has 3 rings (SSSR count). The fourth-order valence-electron chi connectivity index (χ4n) is 1.93. The van der Waals surface area contributed by atoms with E-state index in [-0.39, 0.29) is 0 Å². The third-order valence-corrected chi connectivity index (χ3v) is 4.95. The molecule has 0 aromatic carbocycles. The van der Waals surface area contributed by atoms with Gasteiger partial charge >= 0.3 is 0 Å². The van der Waals surface area contributed by atoms with Gasteiger partial charge in [0.25, 0.3) is 0 Å². The molecule has 0 spiro atoms. The molecule has 1 saturated carbocycles. The van der Waals surface area contributed by atoms with Gasteiger partial charge < -0.3 is 5.32 Å². The van der Waals surface area contributed by atoms with Gasteiger partial charge in [0.15, 0.2) is 0 Å². The maximum absolute atomic E-state index is 4.74. The minimum absolute atomic E-state index is 0.570. The van der Waals surface area contributed by atoms with Crippen molar-refractivity contribution >= 4 is 33.1 Å². The Morgan fingerprint density at radius 1 is 1.42 bits per heavy atom. The quantitative estimate of drug-likeness (QED) is 0.861. The topological polar surface area (TPSA) is 37.8 Å². The summed E-state index contributed by atoms with van der Waals surface area (Å²) in [4.78, 5) is 10.6. The van der Waals surface area contributed by atoms with Crippen molar-refractivity contribution in [2.75, 3.05) is 11.9 Å². The molecule has 19 heavy (non-hydrogen) atoms. The highest BCUT2D eigenvalue weighted by molar-refractivity contribution is 9.10. The van der Waals surface area contributed by atoms with E-state index in [2.05, 4.69) is 50.7 Å². The summed E-state index contributed by atoms with van der Waals surface area (Å²) in [5.41, 5.74) is 1.03. The lowest BCUT2D eigenvalue weighted by atomic mass is 10.3. The standard InChI is InChI=1S/C14H16BrN3S/c1-2-6-16-12-8-11(13-10(15)5-7-19-13)17-14(18-12)9-3-4-9/h5,7-9H,2-4,6H2,1H3,(H,16,17,18). The highest BCUT2D eigenvalue weighted by Gasteiger charge is 2.27. The zero-order valence-corrected chi connectivity index (χ0v) is 13.2. The molecule has 2 aromatic rings. The molecule has 0 unspecified atom stereocenters. The zero-order chi connectivity index (χ0) is 13.2. The van der Waals surface area contributed by atoms with Gasteiger partial charge in [-0.2, -0.15) is 0 Å². The SMILES string of the molecule is CCCNc1cc(-c2sccc2Br)nc(C2CC2)n1. The predicted octanol–water partition coefficient (Wildman–Crippen LogP) is 4.67. The van der Waals surface area contributed by atoms with E-state index in [0.717, 1.165) is 34.8 Å². The van der Waals surface area contributed by atoms with E-state index in [1.54, 1.807) is 11.3 Å². The molecular formula is C14H16BrN3S. The lowest BCUT2D eigenvalue weighted by molar-refractivity contribution is 0.912. The maximum Gasteiger partial charge on any atom is 0.134 e. The van der Waals surface area contributed by atoms with Crippen LogP contribution in [0.2, 0.25) is 0 Å². The van der Waals surface area contributed by atoms with Crippen LogP contribution in [0.5, 0.6) is 0 Å². The van der Waals surface area contributed by atoms with Crippen LogP contribution in [0.15, 0.2) is 22.0 Å². The molecule has 0 bridgehead atoms.